The third kappa shape index (κ3) is 2.84. The first-order chi connectivity index (χ1) is 8.37. The van der Waals surface area contributed by atoms with Gasteiger partial charge >= 0.3 is 5.97 Å². The number of carbonyl (C=O) groups is 1. The molecule has 2 rings (SSSR count). The molecule has 1 unspecified atom stereocenters. The van der Waals surface area contributed by atoms with Crippen LogP contribution < -0.4 is 4.74 Å². The Balaban J connectivity index is 2.16. The van der Waals surface area contributed by atoms with Crippen LogP contribution in [-0.2, 0) is 17.6 Å². The van der Waals surface area contributed by atoms with Gasteiger partial charge in [0, 0.05) is 0 Å². The number of rotatable bonds is 3. The van der Waals surface area contributed by atoms with Crippen LogP contribution >= 0.6 is 0 Å². The van der Waals surface area contributed by atoms with E-state index in [1.807, 2.05) is 12.1 Å². The summed E-state index contributed by atoms with van der Waals surface area (Å²) in [5.41, 5.74) is 2.18. The number of hydrogen-bond donors (Lipinski definition) is 1. The summed E-state index contributed by atoms with van der Waals surface area (Å²) in [4.78, 5) is 10.9. The standard InChI is InChI=1S/C15H20O3/c1-10(14(16)17)8-11-4-5-13-12(9-11)6-7-15(2,3)18-13/h4-5,9-10H,6-8H2,1-3H3,(H,16,17). The molecule has 0 aromatic heterocycles. The number of aliphatic carboxylic acids is 1. The van der Waals surface area contributed by atoms with Crippen LogP contribution in [0, 0.1) is 5.92 Å². The molecule has 1 N–H and O–H groups in total. The van der Waals surface area contributed by atoms with E-state index in [0.717, 1.165) is 24.2 Å². The van der Waals surface area contributed by atoms with Crippen LogP contribution in [0.4, 0.5) is 0 Å². The summed E-state index contributed by atoms with van der Waals surface area (Å²) in [5.74, 6) is -0.146. The first-order valence-electron chi connectivity index (χ1n) is 6.41. The minimum atomic E-state index is -0.745. The zero-order chi connectivity index (χ0) is 13.3. The van der Waals surface area contributed by atoms with Crippen LogP contribution in [0.25, 0.3) is 0 Å². The molecule has 0 spiro atoms. The molecular weight excluding hydrogens is 228 g/mol. The van der Waals surface area contributed by atoms with E-state index in [9.17, 15) is 4.79 Å². The third-order valence-electron chi connectivity index (χ3n) is 3.47. The monoisotopic (exact) mass is 248 g/mol. The van der Waals surface area contributed by atoms with E-state index in [1.165, 1.54) is 5.56 Å². The molecule has 3 heteroatoms. The molecule has 3 nitrogen and oxygen atoms in total. The first kappa shape index (κ1) is 12.9. The highest BCUT2D eigenvalue weighted by Gasteiger charge is 2.26. The second kappa shape index (κ2) is 4.63. The molecule has 0 radical (unpaired) electrons. The van der Waals surface area contributed by atoms with Gasteiger partial charge in [0.1, 0.15) is 11.4 Å². The van der Waals surface area contributed by atoms with Gasteiger partial charge in [-0.2, -0.15) is 0 Å². The van der Waals surface area contributed by atoms with Gasteiger partial charge in [-0.25, -0.2) is 0 Å². The summed E-state index contributed by atoms with van der Waals surface area (Å²) < 4.78 is 5.91. The zero-order valence-electron chi connectivity index (χ0n) is 11.2. The van der Waals surface area contributed by atoms with Gasteiger partial charge in [0.05, 0.1) is 5.92 Å². The summed E-state index contributed by atoms with van der Waals surface area (Å²) >= 11 is 0. The number of carboxylic acid groups (broad SMARTS) is 1. The molecular formula is C15H20O3. The van der Waals surface area contributed by atoms with Crippen LogP contribution in [0.1, 0.15) is 38.3 Å². The Morgan fingerprint density at radius 1 is 1.50 bits per heavy atom. The lowest BCUT2D eigenvalue weighted by atomic mass is 9.91. The molecule has 1 aliphatic heterocycles. The minimum Gasteiger partial charge on any atom is -0.488 e. The number of benzene rings is 1. The Labute approximate surface area is 108 Å². The van der Waals surface area contributed by atoms with Crippen molar-refractivity contribution in [3.63, 3.8) is 0 Å². The summed E-state index contributed by atoms with van der Waals surface area (Å²) in [6.45, 7) is 5.92. The normalized spacial score (nSPS) is 18.6. The average molecular weight is 248 g/mol. The van der Waals surface area contributed by atoms with Crippen molar-refractivity contribution in [1.29, 1.82) is 0 Å². The van der Waals surface area contributed by atoms with Gasteiger partial charge in [-0.1, -0.05) is 19.1 Å². The van der Waals surface area contributed by atoms with Crippen molar-refractivity contribution in [3.8, 4) is 5.75 Å². The van der Waals surface area contributed by atoms with Crippen molar-refractivity contribution in [2.45, 2.75) is 45.6 Å². The van der Waals surface area contributed by atoms with E-state index >= 15 is 0 Å². The van der Waals surface area contributed by atoms with Crippen molar-refractivity contribution in [1.82, 2.24) is 0 Å². The van der Waals surface area contributed by atoms with Gasteiger partial charge in [-0.15, -0.1) is 0 Å². The van der Waals surface area contributed by atoms with Gasteiger partial charge < -0.3 is 9.84 Å². The van der Waals surface area contributed by atoms with Crippen molar-refractivity contribution >= 4 is 5.97 Å². The molecule has 0 fully saturated rings. The average Bonchev–Trinajstić information content (AvgIpc) is 2.28. The molecule has 98 valence electrons. The fourth-order valence-electron chi connectivity index (χ4n) is 2.28. The lowest BCUT2D eigenvalue weighted by molar-refractivity contribution is -0.141. The topological polar surface area (TPSA) is 46.5 Å². The summed E-state index contributed by atoms with van der Waals surface area (Å²) in [6.07, 6.45) is 2.57. The van der Waals surface area contributed by atoms with Crippen LogP contribution in [0.2, 0.25) is 0 Å². The van der Waals surface area contributed by atoms with Crippen molar-refractivity contribution in [2.75, 3.05) is 0 Å². The highest BCUT2D eigenvalue weighted by Crippen LogP contribution is 2.33. The maximum Gasteiger partial charge on any atom is 0.306 e. The van der Waals surface area contributed by atoms with Gasteiger partial charge in [0.2, 0.25) is 0 Å². The molecule has 0 saturated heterocycles. The molecule has 1 atom stereocenters. The van der Waals surface area contributed by atoms with E-state index in [1.54, 1.807) is 6.92 Å². The van der Waals surface area contributed by atoms with E-state index in [-0.39, 0.29) is 11.5 Å². The highest BCUT2D eigenvalue weighted by atomic mass is 16.5. The second-order valence-electron chi connectivity index (χ2n) is 5.75. The number of hydrogen-bond acceptors (Lipinski definition) is 2. The fourth-order valence-corrected chi connectivity index (χ4v) is 2.28. The molecule has 1 heterocycles. The van der Waals surface area contributed by atoms with Gasteiger partial charge in [0.15, 0.2) is 0 Å². The van der Waals surface area contributed by atoms with E-state index in [4.69, 9.17) is 9.84 Å². The third-order valence-corrected chi connectivity index (χ3v) is 3.47. The maximum atomic E-state index is 10.9. The van der Waals surface area contributed by atoms with Crippen LogP contribution in [0.5, 0.6) is 5.75 Å². The minimum absolute atomic E-state index is 0.0944. The molecule has 0 saturated carbocycles. The Kier molecular flexibility index (Phi) is 3.33. The number of aryl methyl sites for hydroxylation is 1. The Morgan fingerprint density at radius 3 is 2.89 bits per heavy atom. The Bertz CT molecular complexity index is 463. The molecule has 1 aromatic rings. The Morgan fingerprint density at radius 2 is 2.22 bits per heavy atom. The molecule has 1 aliphatic rings. The van der Waals surface area contributed by atoms with Crippen molar-refractivity contribution in [3.05, 3.63) is 29.3 Å². The lowest BCUT2D eigenvalue weighted by Gasteiger charge is -2.32. The SMILES string of the molecule is CC(Cc1ccc2c(c1)CCC(C)(C)O2)C(=O)O. The lowest BCUT2D eigenvalue weighted by Crippen LogP contribution is -2.32. The molecule has 1 aromatic carbocycles. The summed E-state index contributed by atoms with van der Waals surface area (Å²) in [5, 5.41) is 8.93. The van der Waals surface area contributed by atoms with Crippen molar-refractivity contribution < 1.29 is 14.6 Å². The highest BCUT2D eigenvalue weighted by molar-refractivity contribution is 5.69. The van der Waals surface area contributed by atoms with Gasteiger partial charge in [-0.3, -0.25) is 4.79 Å². The first-order valence-corrected chi connectivity index (χ1v) is 6.41. The van der Waals surface area contributed by atoms with Gasteiger partial charge in [-0.05, 0) is 50.3 Å². The van der Waals surface area contributed by atoms with Crippen LogP contribution in [-0.4, -0.2) is 16.7 Å². The molecule has 0 aliphatic carbocycles. The number of carboxylic acids is 1. The quantitative estimate of drug-likeness (QED) is 0.894. The van der Waals surface area contributed by atoms with Gasteiger partial charge in [0.25, 0.3) is 0 Å². The van der Waals surface area contributed by atoms with E-state index in [0.29, 0.717) is 6.42 Å². The second-order valence-corrected chi connectivity index (χ2v) is 5.75. The zero-order valence-corrected chi connectivity index (χ0v) is 11.2. The van der Waals surface area contributed by atoms with Crippen LogP contribution in [0.3, 0.4) is 0 Å². The summed E-state index contributed by atoms with van der Waals surface area (Å²) in [7, 11) is 0. The fraction of sp³-hybridized carbons (Fsp3) is 0.533. The smallest absolute Gasteiger partial charge is 0.306 e. The predicted octanol–water partition coefficient (Wildman–Crippen LogP) is 3.05. The molecule has 18 heavy (non-hydrogen) atoms. The molecule has 0 bridgehead atoms. The Hall–Kier alpha value is -1.51. The van der Waals surface area contributed by atoms with E-state index < -0.39 is 5.97 Å². The predicted molar refractivity (Wildman–Crippen MR) is 70.0 cm³/mol. The maximum absolute atomic E-state index is 10.9. The molecule has 0 amide bonds. The van der Waals surface area contributed by atoms with Crippen molar-refractivity contribution in [2.24, 2.45) is 5.92 Å². The summed E-state index contributed by atoms with van der Waals surface area (Å²) in [6, 6.07) is 6.03. The number of fused-ring (bicyclic) bond motifs is 1. The van der Waals surface area contributed by atoms with Crippen LogP contribution in [0.15, 0.2) is 18.2 Å². The van der Waals surface area contributed by atoms with E-state index in [2.05, 4.69) is 19.9 Å². The number of ether oxygens (including phenoxy) is 1. The largest absolute Gasteiger partial charge is 0.488 e.